The summed E-state index contributed by atoms with van der Waals surface area (Å²) in [6.07, 6.45) is 5.16. The van der Waals surface area contributed by atoms with Gasteiger partial charge in [0.05, 0.1) is 25.3 Å². The van der Waals surface area contributed by atoms with Crippen LogP contribution in [0.4, 0.5) is 0 Å². The van der Waals surface area contributed by atoms with Crippen LogP contribution in [0.2, 0.25) is 0 Å². The molecule has 0 atom stereocenters. The van der Waals surface area contributed by atoms with E-state index in [1.807, 2.05) is 31.1 Å². The smallest absolute Gasteiger partial charge is 0.227 e. The van der Waals surface area contributed by atoms with E-state index < -0.39 is 0 Å². The standard InChI is InChI=1S/C19H29N5O3/c1-15-17(16(2)27-21-15)13-19(25)24-7-4-6-22(9-10-24)14-18-20-5-8-23(18)11-12-26-3/h5,8H,4,6-7,9-14H2,1-3H3. The van der Waals surface area contributed by atoms with Crippen LogP contribution in [0.15, 0.2) is 16.9 Å². The molecule has 148 valence electrons. The summed E-state index contributed by atoms with van der Waals surface area (Å²) in [6, 6.07) is 0. The molecule has 0 radical (unpaired) electrons. The van der Waals surface area contributed by atoms with Gasteiger partial charge in [0, 0.05) is 57.8 Å². The number of hydrogen-bond donors (Lipinski definition) is 0. The van der Waals surface area contributed by atoms with E-state index in [-0.39, 0.29) is 5.91 Å². The molecule has 1 fully saturated rings. The fourth-order valence-electron chi connectivity index (χ4n) is 3.48. The Labute approximate surface area is 160 Å². The van der Waals surface area contributed by atoms with Gasteiger partial charge in [-0.2, -0.15) is 0 Å². The van der Waals surface area contributed by atoms with Gasteiger partial charge in [0.1, 0.15) is 11.6 Å². The number of amides is 1. The SMILES string of the molecule is COCCn1ccnc1CN1CCCN(C(=O)Cc2c(C)noc2C)CC1. The first kappa shape index (κ1) is 19.6. The van der Waals surface area contributed by atoms with E-state index >= 15 is 0 Å². The van der Waals surface area contributed by atoms with E-state index in [9.17, 15) is 4.79 Å². The van der Waals surface area contributed by atoms with Crippen LogP contribution in [0.5, 0.6) is 0 Å². The number of carbonyl (C=O) groups excluding carboxylic acids is 1. The lowest BCUT2D eigenvalue weighted by atomic mass is 10.1. The third-order valence-corrected chi connectivity index (χ3v) is 5.15. The molecule has 2 aromatic rings. The van der Waals surface area contributed by atoms with Crippen molar-refractivity contribution in [3.8, 4) is 0 Å². The molecule has 1 saturated heterocycles. The first-order valence-electron chi connectivity index (χ1n) is 9.49. The highest BCUT2D eigenvalue weighted by Gasteiger charge is 2.22. The second-order valence-corrected chi connectivity index (χ2v) is 7.02. The first-order valence-corrected chi connectivity index (χ1v) is 9.49. The molecule has 1 aliphatic heterocycles. The molecule has 0 aliphatic carbocycles. The third-order valence-electron chi connectivity index (χ3n) is 5.15. The summed E-state index contributed by atoms with van der Waals surface area (Å²) >= 11 is 0. The van der Waals surface area contributed by atoms with Gasteiger partial charge < -0.3 is 18.7 Å². The Morgan fingerprint density at radius 2 is 2.11 bits per heavy atom. The van der Waals surface area contributed by atoms with E-state index in [1.165, 1.54) is 0 Å². The third kappa shape index (κ3) is 4.95. The molecule has 0 saturated carbocycles. The molecule has 27 heavy (non-hydrogen) atoms. The molecular formula is C19H29N5O3. The highest BCUT2D eigenvalue weighted by Crippen LogP contribution is 2.15. The van der Waals surface area contributed by atoms with Gasteiger partial charge in [-0.1, -0.05) is 5.16 Å². The van der Waals surface area contributed by atoms with Gasteiger partial charge in [-0.25, -0.2) is 4.98 Å². The summed E-state index contributed by atoms with van der Waals surface area (Å²) in [7, 11) is 1.71. The lowest BCUT2D eigenvalue weighted by Gasteiger charge is -2.22. The summed E-state index contributed by atoms with van der Waals surface area (Å²) < 4.78 is 12.5. The molecule has 3 heterocycles. The van der Waals surface area contributed by atoms with Gasteiger partial charge in [0.15, 0.2) is 0 Å². The van der Waals surface area contributed by atoms with Crippen LogP contribution in [0.3, 0.4) is 0 Å². The highest BCUT2D eigenvalue weighted by molar-refractivity contribution is 5.79. The van der Waals surface area contributed by atoms with Crippen molar-refractivity contribution in [2.75, 3.05) is 39.9 Å². The van der Waals surface area contributed by atoms with Gasteiger partial charge in [0.25, 0.3) is 0 Å². The minimum atomic E-state index is 0.146. The van der Waals surface area contributed by atoms with E-state index in [2.05, 4.69) is 19.6 Å². The maximum Gasteiger partial charge on any atom is 0.227 e. The molecule has 0 spiro atoms. The number of imidazole rings is 1. The quantitative estimate of drug-likeness (QED) is 0.728. The van der Waals surface area contributed by atoms with Crippen molar-refractivity contribution in [1.29, 1.82) is 0 Å². The van der Waals surface area contributed by atoms with Crippen LogP contribution in [0.1, 0.15) is 29.3 Å². The monoisotopic (exact) mass is 375 g/mol. The molecule has 1 amide bonds. The van der Waals surface area contributed by atoms with E-state index in [1.54, 1.807) is 7.11 Å². The Morgan fingerprint density at radius 1 is 1.26 bits per heavy atom. The Morgan fingerprint density at radius 3 is 2.85 bits per heavy atom. The van der Waals surface area contributed by atoms with E-state index in [0.29, 0.717) is 13.0 Å². The molecule has 0 unspecified atom stereocenters. The maximum absolute atomic E-state index is 12.7. The van der Waals surface area contributed by atoms with Crippen LogP contribution in [0, 0.1) is 13.8 Å². The second kappa shape index (κ2) is 9.14. The minimum Gasteiger partial charge on any atom is -0.383 e. The Kier molecular flexibility index (Phi) is 6.63. The fraction of sp³-hybridized carbons (Fsp3) is 0.632. The molecule has 3 rings (SSSR count). The molecule has 8 heteroatoms. The topological polar surface area (TPSA) is 76.6 Å². The number of aromatic nitrogens is 3. The lowest BCUT2D eigenvalue weighted by molar-refractivity contribution is -0.130. The van der Waals surface area contributed by atoms with Crippen molar-refractivity contribution < 1.29 is 14.1 Å². The van der Waals surface area contributed by atoms with Crippen molar-refractivity contribution in [2.45, 2.75) is 39.8 Å². The number of methoxy groups -OCH3 is 1. The minimum absolute atomic E-state index is 0.146. The number of hydrogen-bond acceptors (Lipinski definition) is 6. The number of ether oxygens (including phenoxy) is 1. The van der Waals surface area contributed by atoms with Gasteiger partial charge in [-0.3, -0.25) is 9.69 Å². The van der Waals surface area contributed by atoms with Gasteiger partial charge in [0.2, 0.25) is 5.91 Å². The van der Waals surface area contributed by atoms with E-state index in [4.69, 9.17) is 9.26 Å². The molecule has 0 bridgehead atoms. The van der Waals surface area contributed by atoms with Crippen LogP contribution in [-0.4, -0.2) is 70.3 Å². The summed E-state index contributed by atoms with van der Waals surface area (Å²) in [5.74, 6) is 1.93. The van der Waals surface area contributed by atoms with E-state index in [0.717, 1.165) is 68.5 Å². The number of aryl methyl sites for hydroxylation is 2. The average Bonchev–Trinajstić information content (AvgIpc) is 3.13. The summed E-state index contributed by atoms with van der Waals surface area (Å²) in [4.78, 5) is 21.5. The Hall–Kier alpha value is -2.19. The van der Waals surface area contributed by atoms with Crippen molar-refractivity contribution >= 4 is 5.91 Å². The summed E-state index contributed by atoms with van der Waals surface area (Å²) in [5.41, 5.74) is 1.72. The molecule has 0 N–H and O–H groups in total. The zero-order valence-electron chi connectivity index (χ0n) is 16.5. The van der Waals surface area contributed by atoms with Crippen molar-refractivity contribution in [3.63, 3.8) is 0 Å². The zero-order valence-corrected chi connectivity index (χ0v) is 16.5. The lowest BCUT2D eigenvalue weighted by Crippen LogP contribution is -2.36. The van der Waals surface area contributed by atoms with Crippen molar-refractivity contribution in [2.24, 2.45) is 0 Å². The average molecular weight is 375 g/mol. The summed E-state index contributed by atoms with van der Waals surface area (Å²) in [5, 5.41) is 3.94. The van der Waals surface area contributed by atoms with Gasteiger partial charge in [-0.05, 0) is 20.3 Å². The molecule has 8 nitrogen and oxygen atoms in total. The number of rotatable bonds is 7. The Bertz CT molecular complexity index is 735. The number of carbonyl (C=O) groups is 1. The second-order valence-electron chi connectivity index (χ2n) is 7.02. The van der Waals surface area contributed by atoms with Crippen molar-refractivity contribution in [1.82, 2.24) is 24.5 Å². The van der Waals surface area contributed by atoms with Crippen LogP contribution in [0.25, 0.3) is 0 Å². The maximum atomic E-state index is 12.7. The predicted molar refractivity (Wildman–Crippen MR) is 100 cm³/mol. The zero-order chi connectivity index (χ0) is 19.2. The highest BCUT2D eigenvalue weighted by atomic mass is 16.5. The number of nitrogens with zero attached hydrogens (tertiary/aromatic N) is 5. The fourth-order valence-corrected chi connectivity index (χ4v) is 3.48. The Balaban J connectivity index is 1.54. The van der Waals surface area contributed by atoms with Crippen LogP contribution < -0.4 is 0 Å². The van der Waals surface area contributed by atoms with Crippen LogP contribution in [-0.2, 0) is 29.0 Å². The molecule has 1 aliphatic rings. The largest absolute Gasteiger partial charge is 0.383 e. The van der Waals surface area contributed by atoms with Gasteiger partial charge >= 0.3 is 0 Å². The molecular weight excluding hydrogens is 346 g/mol. The van der Waals surface area contributed by atoms with Crippen molar-refractivity contribution in [3.05, 3.63) is 35.2 Å². The normalized spacial score (nSPS) is 15.9. The predicted octanol–water partition coefficient (Wildman–Crippen LogP) is 1.41. The van der Waals surface area contributed by atoms with Crippen LogP contribution >= 0.6 is 0 Å². The molecule has 0 aromatic carbocycles. The first-order chi connectivity index (χ1) is 13.1. The summed E-state index contributed by atoms with van der Waals surface area (Å²) in [6.45, 7) is 9.36. The molecule has 2 aromatic heterocycles. The van der Waals surface area contributed by atoms with Gasteiger partial charge in [-0.15, -0.1) is 0 Å².